The number of nitrogens with one attached hydrogen (secondary N) is 1. The number of aromatic nitrogens is 2. The molecule has 1 N–H and O–H groups in total. The summed E-state index contributed by atoms with van der Waals surface area (Å²) >= 11 is 1.39. The quantitative estimate of drug-likeness (QED) is 0.620. The fourth-order valence-electron chi connectivity index (χ4n) is 4.79. The maximum absolute atomic E-state index is 12.4. The molecule has 1 aromatic carbocycles. The van der Waals surface area contributed by atoms with Crippen molar-refractivity contribution in [3.8, 4) is 5.75 Å². The summed E-state index contributed by atoms with van der Waals surface area (Å²) in [5.74, 6) is 1.57. The highest BCUT2D eigenvalue weighted by Gasteiger charge is 2.62. The molecule has 2 aliphatic rings. The van der Waals surface area contributed by atoms with E-state index in [0.717, 1.165) is 34.8 Å². The van der Waals surface area contributed by atoms with Crippen molar-refractivity contribution in [2.75, 3.05) is 12.9 Å². The smallest absolute Gasteiger partial charge is 0.316 e. The van der Waals surface area contributed by atoms with E-state index in [-0.39, 0.29) is 28.7 Å². The number of hydrogen-bond acceptors (Lipinski definition) is 5. The van der Waals surface area contributed by atoms with Crippen molar-refractivity contribution >= 4 is 28.8 Å². The minimum atomic E-state index is -0.150. The normalized spacial score (nSPS) is 29.2. The molecule has 2 fully saturated rings. The maximum Gasteiger partial charge on any atom is 0.316 e. The summed E-state index contributed by atoms with van der Waals surface area (Å²) in [6.07, 6.45) is 3.46. The first-order chi connectivity index (χ1) is 12.3. The lowest BCUT2D eigenvalue weighted by Gasteiger charge is -2.38. The van der Waals surface area contributed by atoms with E-state index in [1.807, 2.05) is 18.2 Å². The number of fused-ring (bicyclic) bond motifs is 3. The summed E-state index contributed by atoms with van der Waals surface area (Å²) in [6.45, 7) is 6.95. The van der Waals surface area contributed by atoms with Gasteiger partial charge in [0.1, 0.15) is 11.9 Å². The lowest BCUT2D eigenvalue weighted by atomic mass is 9.70. The first-order valence-corrected chi connectivity index (χ1v) is 10.2. The van der Waals surface area contributed by atoms with Gasteiger partial charge in [-0.25, -0.2) is 4.98 Å². The van der Waals surface area contributed by atoms with Crippen molar-refractivity contribution in [3.05, 3.63) is 18.2 Å². The molecule has 2 aromatic rings. The SMILES string of the molecule is COc1ccc2nc(SCC(=O)O[C@@H]3C[C@@H]4CC[C@]3(C)C4(C)C)[nH]c2c1. The van der Waals surface area contributed by atoms with Crippen LogP contribution in [0.1, 0.15) is 40.0 Å². The van der Waals surface area contributed by atoms with E-state index in [0.29, 0.717) is 5.92 Å². The highest BCUT2D eigenvalue weighted by Crippen LogP contribution is 2.66. The molecule has 0 amide bonds. The lowest BCUT2D eigenvalue weighted by molar-refractivity contribution is -0.153. The topological polar surface area (TPSA) is 64.2 Å². The Kier molecular flexibility index (Phi) is 4.21. The molecule has 1 heterocycles. The number of H-pyrrole nitrogens is 1. The molecule has 1 aromatic heterocycles. The molecule has 26 heavy (non-hydrogen) atoms. The molecule has 2 bridgehead atoms. The highest BCUT2D eigenvalue weighted by molar-refractivity contribution is 7.99. The van der Waals surface area contributed by atoms with Crippen LogP contribution >= 0.6 is 11.8 Å². The average Bonchev–Trinajstić information content (AvgIpc) is 3.18. The number of carbonyl (C=O) groups is 1. The van der Waals surface area contributed by atoms with E-state index < -0.39 is 0 Å². The molecule has 0 unspecified atom stereocenters. The van der Waals surface area contributed by atoms with Gasteiger partial charge in [0.05, 0.1) is 23.9 Å². The van der Waals surface area contributed by atoms with Crippen molar-refractivity contribution < 1.29 is 14.3 Å². The molecule has 0 aliphatic heterocycles. The van der Waals surface area contributed by atoms with Crippen LogP contribution in [0.3, 0.4) is 0 Å². The van der Waals surface area contributed by atoms with Gasteiger partial charge in [0.15, 0.2) is 5.16 Å². The van der Waals surface area contributed by atoms with Gasteiger partial charge in [-0.05, 0) is 42.7 Å². The van der Waals surface area contributed by atoms with Gasteiger partial charge in [0.2, 0.25) is 0 Å². The third-order valence-electron chi connectivity index (χ3n) is 6.98. The third kappa shape index (κ3) is 2.70. The second-order valence-electron chi connectivity index (χ2n) is 8.30. The van der Waals surface area contributed by atoms with Gasteiger partial charge in [0, 0.05) is 11.5 Å². The summed E-state index contributed by atoms with van der Waals surface area (Å²) in [6, 6.07) is 5.69. The highest BCUT2D eigenvalue weighted by atomic mass is 32.2. The number of esters is 1. The number of benzene rings is 1. The Balaban J connectivity index is 1.38. The molecular weight excluding hydrogens is 348 g/mol. The van der Waals surface area contributed by atoms with Crippen LogP contribution in [0.25, 0.3) is 11.0 Å². The van der Waals surface area contributed by atoms with Crippen molar-refractivity contribution in [1.82, 2.24) is 9.97 Å². The Hall–Kier alpha value is -1.69. The second kappa shape index (κ2) is 6.19. The first kappa shape index (κ1) is 17.7. The van der Waals surface area contributed by atoms with Gasteiger partial charge < -0.3 is 14.5 Å². The minimum Gasteiger partial charge on any atom is -0.497 e. The van der Waals surface area contributed by atoms with Crippen molar-refractivity contribution in [2.24, 2.45) is 16.7 Å². The summed E-state index contributed by atoms with van der Waals surface area (Å²) in [5.41, 5.74) is 2.13. The van der Waals surface area contributed by atoms with E-state index in [1.165, 1.54) is 18.2 Å². The van der Waals surface area contributed by atoms with Gasteiger partial charge in [0.25, 0.3) is 0 Å². The van der Waals surface area contributed by atoms with Gasteiger partial charge in [-0.3, -0.25) is 4.79 Å². The van der Waals surface area contributed by atoms with Crippen LogP contribution in [-0.4, -0.2) is 34.9 Å². The molecule has 2 aliphatic carbocycles. The Labute approximate surface area is 158 Å². The van der Waals surface area contributed by atoms with Crippen molar-refractivity contribution in [3.63, 3.8) is 0 Å². The summed E-state index contributed by atoms with van der Waals surface area (Å²) in [7, 11) is 1.64. The zero-order valence-corrected chi connectivity index (χ0v) is 16.6. The molecule has 2 saturated carbocycles. The van der Waals surface area contributed by atoms with Crippen LogP contribution in [0.5, 0.6) is 5.75 Å². The number of carbonyl (C=O) groups excluding carboxylic acids is 1. The number of ether oxygens (including phenoxy) is 2. The van der Waals surface area contributed by atoms with E-state index >= 15 is 0 Å². The van der Waals surface area contributed by atoms with Crippen molar-refractivity contribution in [1.29, 1.82) is 0 Å². The standard InChI is InChI=1S/C20H26N2O3S/c1-19(2)12-7-8-20(19,3)16(9-12)25-17(23)11-26-18-21-14-6-5-13(24-4)10-15(14)22-18/h5-6,10,12,16H,7-9,11H2,1-4H3,(H,21,22)/t12-,16+,20-/m0/s1. The van der Waals surface area contributed by atoms with E-state index in [9.17, 15) is 4.79 Å². The number of rotatable bonds is 5. The van der Waals surface area contributed by atoms with E-state index in [1.54, 1.807) is 7.11 Å². The minimum absolute atomic E-state index is 0.0456. The van der Waals surface area contributed by atoms with Crippen LogP contribution in [0.15, 0.2) is 23.4 Å². The summed E-state index contributed by atoms with van der Waals surface area (Å²) in [4.78, 5) is 20.2. The fraction of sp³-hybridized carbons (Fsp3) is 0.600. The van der Waals surface area contributed by atoms with Gasteiger partial charge in [-0.15, -0.1) is 0 Å². The van der Waals surface area contributed by atoms with Gasteiger partial charge in [-0.2, -0.15) is 0 Å². The maximum atomic E-state index is 12.4. The Bertz CT molecular complexity index is 847. The summed E-state index contributed by atoms with van der Waals surface area (Å²) < 4.78 is 11.1. The van der Waals surface area contributed by atoms with Crippen LogP contribution in [-0.2, 0) is 9.53 Å². The Morgan fingerprint density at radius 1 is 1.38 bits per heavy atom. The molecule has 140 valence electrons. The molecule has 6 heteroatoms. The fourth-order valence-corrected chi connectivity index (χ4v) is 5.46. The average molecular weight is 375 g/mol. The van der Waals surface area contributed by atoms with Crippen molar-refractivity contribution in [2.45, 2.75) is 51.3 Å². The molecule has 0 radical (unpaired) electrons. The monoisotopic (exact) mass is 374 g/mol. The van der Waals surface area contributed by atoms with E-state index in [2.05, 4.69) is 30.7 Å². The molecule has 3 atom stereocenters. The molecule has 0 saturated heterocycles. The second-order valence-corrected chi connectivity index (χ2v) is 9.27. The Morgan fingerprint density at radius 2 is 2.19 bits per heavy atom. The van der Waals surface area contributed by atoms with Crippen LogP contribution in [0.4, 0.5) is 0 Å². The number of hydrogen-bond donors (Lipinski definition) is 1. The van der Waals surface area contributed by atoms with Gasteiger partial charge >= 0.3 is 5.97 Å². The number of thioether (sulfide) groups is 1. The van der Waals surface area contributed by atoms with Crippen LogP contribution in [0, 0.1) is 16.7 Å². The summed E-state index contributed by atoms with van der Waals surface area (Å²) in [5, 5.41) is 0.727. The van der Waals surface area contributed by atoms with E-state index in [4.69, 9.17) is 9.47 Å². The number of methoxy groups -OCH3 is 1. The number of imidazole rings is 1. The van der Waals surface area contributed by atoms with Crippen LogP contribution < -0.4 is 4.74 Å². The predicted octanol–water partition coefficient (Wildman–Crippen LogP) is 4.42. The molecular formula is C20H26N2O3S. The number of aromatic amines is 1. The zero-order chi connectivity index (χ0) is 18.5. The first-order valence-electron chi connectivity index (χ1n) is 9.19. The largest absolute Gasteiger partial charge is 0.497 e. The lowest BCUT2D eigenvalue weighted by Crippen LogP contribution is -2.38. The number of nitrogens with zero attached hydrogens (tertiary/aromatic N) is 1. The van der Waals surface area contributed by atoms with Crippen LogP contribution in [0.2, 0.25) is 0 Å². The molecule has 5 nitrogen and oxygen atoms in total. The zero-order valence-electron chi connectivity index (χ0n) is 15.8. The predicted molar refractivity (Wildman–Crippen MR) is 102 cm³/mol. The molecule has 4 rings (SSSR count). The van der Waals surface area contributed by atoms with Gasteiger partial charge in [-0.1, -0.05) is 32.5 Å². The molecule has 0 spiro atoms. The Morgan fingerprint density at radius 3 is 2.85 bits per heavy atom. The third-order valence-corrected chi connectivity index (χ3v) is 7.83.